The summed E-state index contributed by atoms with van der Waals surface area (Å²) in [5.74, 6) is 0. The van der Waals surface area contributed by atoms with Crippen LogP contribution in [0.5, 0.6) is 0 Å². The van der Waals surface area contributed by atoms with Gasteiger partial charge in [0.25, 0.3) is 0 Å². The van der Waals surface area contributed by atoms with Gasteiger partial charge >= 0.3 is 0 Å². The first-order chi connectivity index (χ1) is 4.27. The molecule has 0 aliphatic heterocycles. The molecule has 1 saturated carbocycles. The number of rotatable bonds is 1. The summed E-state index contributed by atoms with van der Waals surface area (Å²) in [6.07, 6.45) is 7.72. The molecule has 1 aliphatic rings. The Kier molecular flexibility index (Phi) is 2.40. The van der Waals surface area contributed by atoms with Crippen LogP contribution >= 0.6 is 11.6 Å². The van der Waals surface area contributed by atoms with Crippen LogP contribution in [0.25, 0.3) is 0 Å². The van der Waals surface area contributed by atoms with Crippen molar-refractivity contribution in [3.8, 4) is 0 Å². The Hall–Kier alpha value is 0.290. The highest BCUT2D eigenvalue weighted by Gasteiger charge is 2.26. The highest BCUT2D eigenvalue weighted by molar-refractivity contribution is 6.23. The normalized spacial score (nSPS) is 26.0. The van der Waals surface area contributed by atoms with Crippen molar-refractivity contribution in [2.24, 2.45) is 0 Å². The van der Waals surface area contributed by atoms with Crippen molar-refractivity contribution in [1.29, 1.82) is 0 Å². The van der Waals surface area contributed by atoms with Crippen molar-refractivity contribution in [1.82, 2.24) is 0 Å². The van der Waals surface area contributed by atoms with Gasteiger partial charge in [-0.15, -0.1) is 11.6 Å². The maximum atomic E-state index is 6.26. The van der Waals surface area contributed by atoms with E-state index in [4.69, 9.17) is 11.6 Å². The quantitative estimate of drug-likeness (QED) is 0.498. The van der Waals surface area contributed by atoms with Gasteiger partial charge in [-0.05, 0) is 19.3 Å². The second kappa shape index (κ2) is 2.92. The Bertz CT molecular complexity index is 82.6. The van der Waals surface area contributed by atoms with E-state index in [9.17, 15) is 0 Å². The summed E-state index contributed by atoms with van der Waals surface area (Å²) in [4.78, 5) is 0.193. The zero-order valence-corrected chi connectivity index (χ0v) is 6.88. The fraction of sp³-hybridized carbons (Fsp3) is 1.00. The number of hydrogen-bond donors (Lipinski definition) is 0. The smallest absolute Gasteiger partial charge is 0.0444 e. The number of alkyl halides is 1. The van der Waals surface area contributed by atoms with Gasteiger partial charge in [-0.1, -0.05) is 26.2 Å². The van der Waals surface area contributed by atoms with Gasteiger partial charge in [0.2, 0.25) is 0 Å². The standard InChI is InChI=1S/C8H15Cl/c1-2-8(9)6-4-3-5-7-8/h2-7H2,1H3. The van der Waals surface area contributed by atoms with Crippen molar-refractivity contribution in [2.45, 2.75) is 50.3 Å². The van der Waals surface area contributed by atoms with Crippen molar-refractivity contribution >= 4 is 11.6 Å². The summed E-state index contributed by atoms with van der Waals surface area (Å²) in [5.41, 5.74) is 0. The molecule has 0 aromatic heterocycles. The molecule has 0 atom stereocenters. The molecular weight excluding hydrogens is 132 g/mol. The van der Waals surface area contributed by atoms with E-state index in [0.29, 0.717) is 0 Å². The molecule has 0 amide bonds. The zero-order chi connectivity index (χ0) is 6.74. The minimum atomic E-state index is 0.193. The number of halogens is 1. The molecule has 0 bridgehead atoms. The third-order valence-electron chi connectivity index (χ3n) is 2.38. The van der Waals surface area contributed by atoms with E-state index in [-0.39, 0.29) is 4.87 Å². The van der Waals surface area contributed by atoms with Gasteiger partial charge in [0.05, 0.1) is 0 Å². The first-order valence-corrected chi connectivity index (χ1v) is 4.33. The molecule has 0 aromatic rings. The summed E-state index contributed by atoms with van der Waals surface area (Å²) in [7, 11) is 0. The van der Waals surface area contributed by atoms with Crippen molar-refractivity contribution in [2.75, 3.05) is 0 Å². The Morgan fingerprint density at radius 3 is 2.11 bits per heavy atom. The van der Waals surface area contributed by atoms with Crippen LogP contribution in [0.4, 0.5) is 0 Å². The lowest BCUT2D eigenvalue weighted by atomic mass is 9.87. The molecule has 0 N–H and O–H groups in total. The van der Waals surface area contributed by atoms with Crippen molar-refractivity contribution < 1.29 is 0 Å². The maximum Gasteiger partial charge on any atom is 0.0444 e. The molecule has 1 aliphatic carbocycles. The summed E-state index contributed by atoms with van der Waals surface area (Å²) >= 11 is 6.26. The van der Waals surface area contributed by atoms with Crippen LogP contribution in [0, 0.1) is 0 Å². The molecule has 1 rings (SSSR count). The van der Waals surface area contributed by atoms with Gasteiger partial charge < -0.3 is 0 Å². The van der Waals surface area contributed by atoms with Gasteiger partial charge in [-0.3, -0.25) is 0 Å². The molecule has 54 valence electrons. The third-order valence-corrected chi connectivity index (χ3v) is 3.03. The molecule has 9 heavy (non-hydrogen) atoms. The Morgan fingerprint density at radius 2 is 1.78 bits per heavy atom. The van der Waals surface area contributed by atoms with Gasteiger partial charge in [0, 0.05) is 4.87 Å². The molecule has 0 heterocycles. The summed E-state index contributed by atoms with van der Waals surface area (Å²) < 4.78 is 0. The topological polar surface area (TPSA) is 0 Å². The third kappa shape index (κ3) is 1.86. The minimum Gasteiger partial charge on any atom is -0.119 e. The summed E-state index contributed by atoms with van der Waals surface area (Å²) in [6.45, 7) is 2.19. The van der Waals surface area contributed by atoms with Crippen LogP contribution in [0.3, 0.4) is 0 Å². The van der Waals surface area contributed by atoms with E-state index in [2.05, 4.69) is 6.92 Å². The van der Waals surface area contributed by atoms with Gasteiger partial charge in [0.15, 0.2) is 0 Å². The largest absolute Gasteiger partial charge is 0.119 e. The van der Waals surface area contributed by atoms with Crippen LogP contribution in [-0.4, -0.2) is 4.87 Å². The zero-order valence-electron chi connectivity index (χ0n) is 6.12. The monoisotopic (exact) mass is 146 g/mol. The molecule has 1 heteroatoms. The predicted molar refractivity (Wildman–Crippen MR) is 42.0 cm³/mol. The van der Waals surface area contributed by atoms with Crippen LogP contribution in [0.15, 0.2) is 0 Å². The van der Waals surface area contributed by atoms with Crippen molar-refractivity contribution in [3.63, 3.8) is 0 Å². The molecule has 1 fully saturated rings. The Morgan fingerprint density at radius 1 is 1.22 bits per heavy atom. The van der Waals surface area contributed by atoms with Crippen LogP contribution in [0.1, 0.15) is 45.4 Å². The van der Waals surface area contributed by atoms with E-state index >= 15 is 0 Å². The van der Waals surface area contributed by atoms with E-state index < -0.39 is 0 Å². The van der Waals surface area contributed by atoms with Crippen LogP contribution in [-0.2, 0) is 0 Å². The lowest BCUT2D eigenvalue weighted by Gasteiger charge is -2.29. The SMILES string of the molecule is CCC1(Cl)CCCCC1. The van der Waals surface area contributed by atoms with Crippen LogP contribution < -0.4 is 0 Å². The predicted octanol–water partition coefficient (Wildman–Crippen LogP) is 3.34. The van der Waals surface area contributed by atoms with Crippen molar-refractivity contribution in [3.05, 3.63) is 0 Å². The van der Waals surface area contributed by atoms with E-state index in [0.717, 1.165) is 6.42 Å². The maximum absolute atomic E-state index is 6.26. The molecular formula is C8H15Cl. The molecule has 0 spiro atoms. The molecule has 0 nitrogen and oxygen atoms in total. The molecule has 0 radical (unpaired) electrons. The van der Waals surface area contributed by atoms with E-state index in [1.54, 1.807) is 0 Å². The van der Waals surface area contributed by atoms with Crippen LogP contribution in [0.2, 0.25) is 0 Å². The fourth-order valence-electron chi connectivity index (χ4n) is 1.54. The van der Waals surface area contributed by atoms with Gasteiger partial charge in [-0.2, -0.15) is 0 Å². The molecule has 0 aromatic carbocycles. The lowest BCUT2D eigenvalue weighted by Crippen LogP contribution is -2.23. The average Bonchev–Trinajstić information content (AvgIpc) is 1.90. The van der Waals surface area contributed by atoms with E-state index in [1.807, 2.05) is 0 Å². The average molecular weight is 147 g/mol. The molecule has 0 saturated heterocycles. The van der Waals surface area contributed by atoms with Gasteiger partial charge in [-0.25, -0.2) is 0 Å². The minimum absolute atomic E-state index is 0.193. The highest BCUT2D eigenvalue weighted by atomic mass is 35.5. The Labute approximate surface area is 62.6 Å². The second-order valence-electron chi connectivity index (χ2n) is 3.07. The van der Waals surface area contributed by atoms with E-state index in [1.165, 1.54) is 32.1 Å². The first kappa shape index (κ1) is 7.40. The summed E-state index contributed by atoms with van der Waals surface area (Å²) in [6, 6.07) is 0. The first-order valence-electron chi connectivity index (χ1n) is 3.96. The highest BCUT2D eigenvalue weighted by Crippen LogP contribution is 2.36. The fourth-order valence-corrected chi connectivity index (χ4v) is 1.81. The lowest BCUT2D eigenvalue weighted by molar-refractivity contribution is 0.380. The second-order valence-corrected chi connectivity index (χ2v) is 3.87. The molecule has 0 unspecified atom stereocenters. The van der Waals surface area contributed by atoms with Gasteiger partial charge in [0.1, 0.15) is 0 Å². The summed E-state index contributed by atoms with van der Waals surface area (Å²) in [5, 5.41) is 0. The number of hydrogen-bond acceptors (Lipinski definition) is 0. The Balaban J connectivity index is 2.37.